The first-order valence-corrected chi connectivity index (χ1v) is 32.9. The SMILES string of the molecule is CCCCCCCCC/C=C\CCCCCCCC(=O)OCCCCCCCCCCCCCCCCCCCCCCCCCCCCC(=O)NC(CO)C(O)CCCCCCCCCCCCCCC. The number of hydrogen-bond acceptors (Lipinski definition) is 5. The number of carbonyl (C=O) groups is 2. The zero-order valence-corrected chi connectivity index (χ0v) is 48.9. The molecule has 2 atom stereocenters. The molecule has 0 radical (unpaired) electrons. The van der Waals surface area contributed by atoms with Gasteiger partial charge in [0.1, 0.15) is 0 Å². The van der Waals surface area contributed by atoms with Gasteiger partial charge >= 0.3 is 5.97 Å². The third-order valence-electron chi connectivity index (χ3n) is 15.6. The normalized spacial score (nSPS) is 12.6. The lowest BCUT2D eigenvalue weighted by Crippen LogP contribution is -2.45. The maximum absolute atomic E-state index is 12.5. The molecule has 0 aliphatic heterocycles. The summed E-state index contributed by atoms with van der Waals surface area (Å²) in [5.41, 5.74) is 0. The highest BCUT2D eigenvalue weighted by Crippen LogP contribution is 2.19. The van der Waals surface area contributed by atoms with Crippen LogP contribution in [0.1, 0.15) is 373 Å². The predicted molar refractivity (Wildman–Crippen MR) is 315 cm³/mol. The minimum Gasteiger partial charge on any atom is -0.466 e. The van der Waals surface area contributed by atoms with Crippen LogP contribution in [0.4, 0.5) is 0 Å². The van der Waals surface area contributed by atoms with Crippen LogP contribution in [-0.4, -0.2) is 47.4 Å². The lowest BCUT2D eigenvalue weighted by atomic mass is 10.0. The molecule has 6 heteroatoms. The molecule has 0 aromatic carbocycles. The van der Waals surface area contributed by atoms with Crippen molar-refractivity contribution in [3.63, 3.8) is 0 Å². The summed E-state index contributed by atoms with van der Waals surface area (Å²) in [6, 6.07) is -0.538. The smallest absolute Gasteiger partial charge is 0.305 e. The highest BCUT2D eigenvalue weighted by atomic mass is 16.5. The van der Waals surface area contributed by atoms with Gasteiger partial charge in [0.25, 0.3) is 0 Å². The summed E-state index contributed by atoms with van der Waals surface area (Å²) in [6.07, 6.45) is 75.3. The van der Waals surface area contributed by atoms with Crippen LogP contribution in [0.5, 0.6) is 0 Å². The van der Waals surface area contributed by atoms with Crippen LogP contribution in [-0.2, 0) is 14.3 Å². The monoisotopic (exact) mass is 1020 g/mol. The Labute approximate surface area is 450 Å². The Morgan fingerprint density at radius 3 is 0.986 bits per heavy atom. The first kappa shape index (κ1) is 70.6. The van der Waals surface area contributed by atoms with Gasteiger partial charge in [0.15, 0.2) is 0 Å². The van der Waals surface area contributed by atoms with Gasteiger partial charge in [-0.3, -0.25) is 9.59 Å². The number of ether oxygens (including phenoxy) is 1. The number of esters is 1. The van der Waals surface area contributed by atoms with Crippen LogP contribution in [0.3, 0.4) is 0 Å². The first-order chi connectivity index (χ1) is 35.5. The topological polar surface area (TPSA) is 95.9 Å². The molecule has 0 aromatic rings. The molecule has 0 fully saturated rings. The number of hydrogen-bond donors (Lipinski definition) is 3. The summed E-state index contributed by atoms with van der Waals surface area (Å²) in [5, 5.41) is 23.3. The minimum atomic E-state index is -0.661. The quantitative estimate of drug-likeness (QED) is 0.0320. The average Bonchev–Trinajstić information content (AvgIpc) is 3.38. The van der Waals surface area contributed by atoms with Crippen LogP contribution in [0.25, 0.3) is 0 Å². The maximum Gasteiger partial charge on any atom is 0.305 e. The number of carbonyl (C=O) groups excluding carboxylic acids is 2. The van der Waals surface area contributed by atoms with Gasteiger partial charge in [-0.2, -0.15) is 0 Å². The fraction of sp³-hybridized carbons (Fsp3) is 0.939. The molecule has 0 aromatic heterocycles. The summed E-state index contributed by atoms with van der Waals surface area (Å²) in [6.45, 7) is 4.97. The number of allylic oxidation sites excluding steroid dienone is 2. The fourth-order valence-corrected chi connectivity index (χ4v) is 10.5. The molecule has 0 saturated heterocycles. The van der Waals surface area contributed by atoms with Crippen molar-refractivity contribution in [2.45, 2.75) is 386 Å². The highest BCUT2D eigenvalue weighted by molar-refractivity contribution is 5.76. The molecule has 72 heavy (non-hydrogen) atoms. The van der Waals surface area contributed by atoms with Crippen molar-refractivity contribution in [2.24, 2.45) is 0 Å². The van der Waals surface area contributed by atoms with Crippen molar-refractivity contribution in [3.05, 3.63) is 12.2 Å². The number of unbranched alkanes of at least 4 members (excludes halogenated alkanes) is 49. The Kier molecular flexibility index (Phi) is 60.9. The summed E-state index contributed by atoms with van der Waals surface area (Å²) in [7, 11) is 0. The van der Waals surface area contributed by atoms with Crippen molar-refractivity contribution in [2.75, 3.05) is 13.2 Å². The van der Waals surface area contributed by atoms with Gasteiger partial charge in [-0.05, 0) is 51.4 Å². The van der Waals surface area contributed by atoms with Crippen LogP contribution in [0.2, 0.25) is 0 Å². The van der Waals surface area contributed by atoms with Crippen molar-refractivity contribution < 1.29 is 24.5 Å². The van der Waals surface area contributed by atoms with Crippen molar-refractivity contribution in [1.29, 1.82) is 0 Å². The van der Waals surface area contributed by atoms with Crippen LogP contribution < -0.4 is 5.32 Å². The molecule has 3 N–H and O–H groups in total. The van der Waals surface area contributed by atoms with E-state index >= 15 is 0 Å². The first-order valence-electron chi connectivity index (χ1n) is 32.9. The standard InChI is InChI=1S/C66H129NO5/c1-3-5-7-9-11-13-15-17-18-32-36-40-44-48-52-56-60-66(71)72-61-57-53-49-45-41-37-33-30-28-26-24-22-20-19-21-23-25-27-29-31-35-39-43-47-51-55-59-65(70)67-63(62-68)64(69)58-54-50-46-42-38-34-16-14-12-10-8-6-4-2/h18,32,63-64,68-69H,3-17,19-31,33-62H2,1-2H3,(H,67,70)/b32-18-. The molecule has 1 amide bonds. The number of amides is 1. The lowest BCUT2D eigenvalue weighted by molar-refractivity contribution is -0.143. The van der Waals surface area contributed by atoms with Gasteiger partial charge in [-0.1, -0.05) is 321 Å². The number of rotatable bonds is 62. The van der Waals surface area contributed by atoms with E-state index in [9.17, 15) is 19.8 Å². The van der Waals surface area contributed by atoms with Crippen LogP contribution in [0, 0.1) is 0 Å². The highest BCUT2D eigenvalue weighted by Gasteiger charge is 2.20. The molecule has 0 rings (SSSR count). The molecular formula is C66H129NO5. The molecule has 0 aliphatic rings. The Bertz CT molecular complexity index is 1080. The number of aliphatic hydroxyl groups is 2. The van der Waals surface area contributed by atoms with Gasteiger partial charge in [-0.15, -0.1) is 0 Å². The lowest BCUT2D eigenvalue weighted by Gasteiger charge is -2.22. The molecule has 0 heterocycles. The van der Waals surface area contributed by atoms with E-state index in [0.717, 1.165) is 44.9 Å². The van der Waals surface area contributed by atoms with Gasteiger partial charge in [0, 0.05) is 12.8 Å². The minimum absolute atomic E-state index is 0.0106. The van der Waals surface area contributed by atoms with E-state index in [1.165, 1.54) is 295 Å². The Hall–Kier alpha value is -1.40. The second-order valence-electron chi connectivity index (χ2n) is 22.8. The predicted octanol–water partition coefficient (Wildman–Crippen LogP) is 20.8. The second-order valence-corrected chi connectivity index (χ2v) is 22.8. The van der Waals surface area contributed by atoms with E-state index in [2.05, 4.69) is 31.3 Å². The van der Waals surface area contributed by atoms with E-state index in [1.807, 2.05) is 0 Å². The van der Waals surface area contributed by atoms with E-state index in [4.69, 9.17) is 4.74 Å². The molecule has 0 spiro atoms. The second kappa shape index (κ2) is 62.1. The van der Waals surface area contributed by atoms with Gasteiger partial charge < -0.3 is 20.3 Å². The summed E-state index contributed by atoms with van der Waals surface area (Å²) in [5.74, 6) is -0.0201. The Morgan fingerprint density at radius 2 is 0.653 bits per heavy atom. The van der Waals surface area contributed by atoms with Crippen molar-refractivity contribution in [1.82, 2.24) is 5.32 Å². The zero-order valence-electron chi connectivity index (χ0n) is 48.9. The Balaban J connectivity index is 3.33. The van der Waals surface area contributed by atoms with E-state index in [1.54, 1.807) is 0 Å². The van der Waals surface area contributed by atoms with Crippen LogP contribution in [0.15, 0.2) is 12.2 Å². The fourth-order valence-electron chi connectivity index (χ4n) is 10.5. The number of aliphatic hydroxyl groups excluding tert-OH is 2. The van der Waals surface area contributed by atoms with Crippen molar-refractivity contribution >= 4 is 11.9 Å². The third-order valence-corrected chi connectivity index (χ3v) is 15.6. The van der Waals surface area contributed by atoms with E-state index in [-0.39, 0.29) is 18.5 Å². The third kappa shape index (κ3) is 57.9. The molecule has 0 saturated carbocycles. The molecule has 0 bridgehead atoms. The van der Waals surface area contributed by atoms with E-state index in [0.29, 0.717) is 25.9 Å². The average molecular weight is 1020 g/mol. The van der Waals surface area contributed by atoms with Crippen molar-refractivity contribution in [3.8, 4) is 0 Å². The van der Waals surface area contributed by atoms with E-state index < -0.39 is 12.1 Å². The molecule has 6 nitrogen and oxygen atoms in total. The summed E-state index contributed by atoms with van der Waals surface area (Å²) >= 11 is 0. The van der Waals surface area contributed by atoms with Gasteiger partial charge in [0.05, 0.1) is 25.4 Å². The van der Waals surface area contributed by atoms with Gasteiger partial charge in [-0.25, -0.2) is 0 Å². The van der Waals surface area contributed by atoms with Crippen LogP contribution >= 0.6 is 0 Å². The molecule has 2 unspecified atom stereocenters. The zero-order chi connectivity index (χ0) is 52.2. The number of nitrogens with one attached hydrogen (secondary N) is 1. The summed E-state index contributed by atoms with van der Waals surface area (Å²) in [4.78, 5) is 24.6. The summed E-state index contributed by atoms with van der Waals surface area (Å²) < 4.78 is 5.49. The maximum atomic E-state index is 12.5. The molecule has 0 aliphatic carbocycles. The molecular weight excluding hydrogens is 887 g/mol. The molecule has 428 valence electrons. The van der Waals surface area contributed by atoms with Gasteiger partial charge in [0.2, 0.25) is 5.91 Å². The largest absolute Gasteiger partial charge is 0.466 e. The Morgan fingerprint density at radius 1 is 0.375 bits per heavy atom.